The van der Waals surface area contributed by atoms with Gasteiger partial charge in [0, 0.05) is 11.4 Å². The summed E-state index contributed by atoms with van der Waals surface area (Å²) in [7, 11) is 0. The lowest BCUT2D eigenvalue weighted by Gasteiger charge is -2.04. The van der Waals surface area contributed by atoms with Gasteiger partial charge in [0.1, 0.15) is 18.2 Å². The van der Waals surface area contributed by atoms with Crippen LogP contribution in [-0.4, -0.2) is 25.8 Å². The van der Waals surface area contributed by atoms with E-state index in [1.54, 1.807) is 13.0 Å². The van der Waals surface area contributed by atoms with Gasteiger partial charge >= 0.3 is 5.97 Å². The molecular formula is C12H12ClN3O2. The number of benzene rings is 1. The minimum Gasteiger partial charge on any atom is -0.480 e. The first-order valence-electron chi connectivity index (χ1n) is 5.42. The zero-order chi connectivity index (χ0) is 13.1. The maximum Gasteiger partial charge on any atom is 0.325 e. The molecule has 0 aliphatic heterocycles. The van der Waals surface area contributed by atoms with Crippen LogP contribution in [0.4, 0.5) is 0 Å². The lowest BCUT2D eigenvalue weighted by molar-refractivity contribution is -0.137. The zero-order valence-corrected chi connectivity index (χ0v) is 10.6. The lowest BCUT2D eigenvalue weighted by Crippen LogP contribution is -2.13. The minimum atomic E-state index is -0.944. The molecule has 94 valence electrons. The quantitative estimate of drug-likeness (QED) is 0.917. The van der Waals surface area contributed by atoms with Gasteiger partial charge in [0.2, 0.25) is 0 Å². The van der Waals surface area contributed by atoms with E-state index in [1.165, 1.54) is 4.68 Å². The topological polar surface area (TPSA) is 68.0 Å². The van der Waals surface area contributed by atoms with Crippen LogP contribution in [0.5, 0.6) is 0 Å². The number of aromatic nitrogens is 3. The second-order valence-electron chi connectivity index (χ2n) is 3.89. The molecule has 0 saturated carbocycles. The summed E-state index contributed by atoms with van der Waals surface area (Å²) in [4.78, 5) is 15.0. The first kappa shape index (κ1) is 12.6. The molecule has 1 N–H and O–H groups in total. The second-order valence-corrected chi connectivity index (χ2v) is 4.30. The molecule has 2 aromatic rings. The van der Waals surface area contributed by atoms with Gasteiger partial charge in [0.05, 0.1) is 0 Å². The molecular weight excluding hydrogens is 254 g/mol. The van der Waals surface area contributed by atoms with Gasteiger partial charge in [-0.25, -0.2) is 9.67 Å². The fraction of sp³-hybridized carbons (Fsp3) is 0.250. The Kier molecular flexibility index (Phi) is 3.62. The van der Waals surface area contributed by atoms with Crippen molar-refractivity contribution < 1.29 is 9.90 Å². The number of hydrogen-bond acceptors (Lipinski definition) is 3. The highest BCUT2D eigenvalue weighted by molar-refractivity contribution is 6.31. The Hall–Kier alpha value is -1.88. The zero-order valence-electron chi connectivity index (χ0n) is 9.80. The molecule has 1 heterocycles. The predicted octanol–water partition coefficient (Wildman–Crippen LogP) is 1.92. The first-order chi connectivity index (χ1) is 8.56. The van der Waals surface area contributed by atoms with Gasteiger partial charge in [-0.15, -0.1) is 0 Å². The van der Waals surface area contributed by atoms with Crippen molar-refractivity contribution in [3.05, 3.63) is 46.5 Å². The molecule has 0 unspecified atom stereocenters. The third kappa shape index (κ3) is 2.87. The summed E-state index contributed by atoms with van der Waals surface area (Å²) in [5.41, 5.74) is 0.901. The van der Waals surface area contributed by atoms with Crippen molar-refractivity contribution in [2.75, 3.05) is 0 Å². The number of hydrogen-bond donors (Lipinski definition) is 1. The van der Waals surface area contributed by atoms with E-state index in [1.807, 2.05) is 18.2 Å². The van der Waals surface area contributed by atoms with Gasteiger partial charge in [-0.05, 0) is 18.6 Å². The lowest BCUT2D eigenvalue weighted by atomic mass is 10.1. The Morgan fingerprint density at radius 1 is 1.44 bits per heavy atom. The summed E-state index contributed by atoms with van der Waals surface area (Å²) in [6.07, 6.45) is 0.466. The smallest absolute Gasteiger partial charge is 0.325 e. The highest BCUT2D eigenvalue weighted by Gasteiger charge is 2.12. The first-order valence-corrected chi connectivity index (χ1v) is 5.79. The standard InChI is InChI=1S/C12H12ClN3O2/c1-8-14-11(16(15-8)7-12(17)18)6-9-4-2-3-5-10(9)13/h2-5H,6-7H2,1H3,(H,17,18). The van der Waals surface area contributed by atoms with Crippen LogP contribution in [0.15, 0.2) is 24.3 Å². The Bertz CT molecular complexity index is 580. The number of aliphatic carboxylic acids is 1. The molecule has 0 fully saturated rings. The Morgan fingerprint density at radius 3 is 2.83 bits per heavy atom. The molecule has 6 heteroatoms. The number of halogens is 1. The average molecular weight is 266 g/mol. The predicted molar refractivity (Wildman–Crippen MR) is 66.7 cm³/mol. The molecule has 0 radical (unpaired) electrons. The summed E-state index contributed by atoms with van der Waals surface area (Å²) in [6.45, 7) is 1.54. The Morgan fingerprint density at radius 2 is 2.17 bits per heavy atom. The normalized spacial score (nSPS) is 10.6. The fourth-order valence-corrected chi connectivity index (χ4v) is 1.90. The second kappa shape index (κ2) is 5.18. The third-order valence-corrected chi connectivity index (χ3v) is 2.81. The highest BCUT2D eigenvalue weighted by Crippen LogP contribution is 2.18. The molecule has 0 bridgehead atoms. The van der Waals surface area contributed by atoms with E-state index in [9.17, 15) is 4.79 Å². The highest BCUT2D eigenvalue weighted by atomic mass is 35.5. The van der Waals surface area contributed by atoms with Gasteiger partial charge in [-0.1, -0.05) is 29.8 Å². The van der Waals surface area contributed by atoms with Gasteiger partial charge in [0.15, 0.2) is 0 Å². The van der Waals surface area contributed by atoms with Crippen molar-refractivity contribution >= 4 is 17.6 Å². The summed E-state index contributed by atoms with van der Waals surface area (Å²) < 4.78 is 1.39. The average Bonchev–Trinajstić information content (AvgIpc) is 2.61. The Labute approximate surface area is 109 Å². The fourth-order valence-electron chi connectivity index (χ4n) is 1.70. The maximum absolute atomic E-state index is 10.7. The van der Waals surface area contributed by atoms with Crippen LogP contribution in [-0.2, 0) is 17.8 Å². The van der Waals surface area contributed by atoms with E-state index in [2.05, 4.69) is 10.1 Å². The van der Waals surface area contributed by atoms with Gasteiger partial charge in [-0.3, -0.25) is 4.79 Å². The molecule has 0 atom stereocenters. The SMILES string of the molecule is Cc1nc(Cc2ccccc2Cl)n(CC(=O)O)n1. The van der Waals surface area contributed by atoms with E-state index in [-0.39, 0.29) is 6.54 Å². The van der Waals surface area contributed by atoms with Crippen LogP contribution in [0.3, 0.4) is 0 Å². The molecule has 18 heavy (non-hydrogen) atoms. The summed E-state index contributed by atoms with van der Waals surface area (Å²) in [6, 6.07) is 7.41. The summed E-state index contributed by atoms with van der Waals surface area (Å²) in [5.74, 6) is 0.210. The number of nitrogens with zero attached hydrogens (tertiary/aromatic N) is 3. The largest absolute Gasteiger partial charge is 0.480 e. The number of rotatable bonds is 4. The monoisotopic (exact) mass is 265 g/mol. The van der Waals surface area contributed by atoms with Crippen LogP contribution in [0.1, 0.15) is 17.2 Å². The molecule has 0 aliphatic carbocycles. The van der Waals surface area contributed by atoms with E-state index in [4.69, 9.17) is 16.7 Å². The van der Waals surface area contributed by atoms with Crippen LogP contribution < -0.4 is 0 Å². The molecule has 1 aromatic heterocycles. The molecule has 0 spiro atoms. The van der Waals surface area contributed by atoms with E-state index in [0.29, 0.717) is 23.1 Å². The van der Waals surface area contributed by atoms with E-state index >= 15 is 0 Å². The van der Waals surface area contributed by atoms with Crippen molar-refractivity contribution in [2.24, 2.45) is 0 Å². The van der Waals surface area contributed by atoms with Crippen LogP contribution in [0.25, 0.3) is 0 Å². The third-order valence-electron chi connectivity index (χ3n) is 2.45. The van der Waals surface area contributed by atoms with Gasteiger partial charge in [0.25, 0.3) is 0 Å². The van der Waals surface area contributed by atoms with Crippen molar-refractivity contribution in [2.45, 2.75) is 19.9 Å². The molecule has 2 rings (SSSR count). The number of carboxylic acid groups (broad SMARTS) is 1. The van der Waals surface area contributed by atoms with Crippen molar-refractivity contribution in [1.29, 1.82) is 0 Å². The maximum atomic E-state index is 10.7. The summed E-state index contributed by atoms with van der Waals surface area (Å²) >= 11 is 6.07. The van der Waals surface area contributed by atoms with Crippen molar-refractivity contribution in [1.82, 2.24) is 14.8 Å². The molecule has 0 saturated heterocycles. The number of carboxylic acids is 1. The molecule has 1 aromatic carbocycles. The van der Waals surface area contributed by atoms with Crippen LogP contribution >= 0.6 is 11.6 Å². The molecule has 5 nitrogen and oxygen atoms in total. The van der Waals surface area contributed by atoms with Crippen LogP contribution in [0.2, 0.25) is 5.02 Å². The minimum absolute atomic E-state index is 0.194. The van der Waals surface area contributed by atoms with Crippen molar-refractivity contribution in [3.63, 3.8) is 0 Å². The van der Waals surface area contributed by atoms with E-state index in [0.717, 1.165) is 5.56 Å². The van der Waals surface area contributed by atoms with Gasteiger partial charge in [-0.2, -0.15) is 5.10 Å². The van der Waals surface area contributed by atoms with Crippen molar-refractivity contribution in [3.8, 4) is 0 Å². The van der Waals surface area contributed by atoms with Crippen LogP contribution in [0, 0.1) is 6.92 Å². The number of aryl methyl sites for hydroxylation is 1. The molecule has 0 aliphatic rings. The van der Waals surface area contributed by atoms with E-state index < -0.39 is 5.97 Å². The summed E-state index contributed by atoms with van der Waals surface area (Å²) in [5, 5.41) is 13.5. The van der Waals surface area contributed by atoms with Gasteiger partial charge < -0.3 is 5.11 Å². The molecule has 0 amide bonds. The Balaban J connectivity index is 2.29. The number of carbonyl (C=O) groups is 1.